The van der Waals surface area contributed by atoms with Gasteiger partial charge in [-0.1, -0.05) is 0 Å². The topological polar surface area (TPSA) is 87.4 Å². The van der Waals surface area contributed by atoms with Crippen molar-refractivity contribution in [1.29, 1.82) is 0 Å². The van der Waals surface area contributed by atoms with Crippen LogP contribution in [0.25, 0.3) is 22.4 Å². The van der Waals surface area contributed by atoms with Gasteiger partial charge in [0.15, 0.2) is 12.2 Å². The molecule has 5 rings (SSSR count). The fourth-order valence-corrected chi connectivity index (χ4v) is 4.80. The zero-order valence-electron chi connectivity index (χ0n) is 18.5. The summed E-state index contributed by atoms with van der Waals surface area (Å²) in [5.41, 5.74) is 1.47. The Morgan fingerprint density at radius 3 is 2.69 bits per heavy atom. The van der Waals surface area contributed by atoms with E-state index in [1.807, 2.05) is 18.2 Å². The second kappa shape index (κ2) is 9.34. The third-order valence-corrected chi connectivity index (χ3v) is 6.84. The number of hydrogen-bond donors (Lipinski definition) is 1. The van der Waals surface area contributed by atoms with Gasteiger partial charge in [-0.25, -0.2) is 15.0 Å². The highest BCUT2D eigenvalue weighted by molar-refractivity contribution is 5.93. The SMILES string of the molecule is CN1CCN(C[C@H]2CC[C@H](C(=O)Nc3cc4nc(-c5cnco5)ccc4cn3)CC2)CC1. The molecule has 1 aliphatic heterocycles. The molecule has 0 aromatic carbocycles. The highest BCUT2D eigenvalue weighted by Gasteiger charge is 2.28. The predicted octanol–water partition coefficient (Wildman–Crippen LogP) is 3.28. The Labute approximate surface area is 188 Å². The van der Waals surface area contributed by atoms with Crippen LogP contribution in [0.4, 0.5) is 5.82 Å². The van der Waals surface area contributed by atoms with Crippen molar-refractivity contribution in [3.05, 3.63) is 37.0 Å². The van der Waals surface area contributed by atoms with Crippen LogP contribution in [-0.2, 0) is 4.79 Å². The molecule has 0 unspecified atom stereocenters. The van der Waals surface area contributed by atoms with E-state index in [-0.39, 0.29) is 11.8 Å². The molecule has 2 aliphatic rings. The number of carbonyl (C=O) groups excluding carboxylic acids is 1. The Hall–Kier alpha value is -2.84. The summed E-state index contributed by atoms with van der Waals surface area (Å²) in [4.78, 5) is 30.9. The molecule has 0 spiro atoms. The van der Waals surface area contributed by atoms with Crippen LogP contribution in [0.15, 0.2) is 41.4 Å². The number of amides is 1. The fourth-order valence-electron chi connectivity index (χ4n) is 4.80. The Bertz CT molecular complexity index is 1050. The quantitative estimate of drug-likeness (QED) is 0.659. The van der Waals surface area contributed by atoms with E-state index in [9.17, 15) is 4.79 Å². The summed E-state index contributed by atoms with van der Waals surface area (Å²) in [6.45, 7) is 5.82. The molecule has 1 amide bonds. The van der Waals surface area contributed by atoms with Crippen molar-refractivity contribution in [3.8, 4) is 11.5 Å². The Balaban J connectivity index is 1.17. The smallest absolute Gasteiger partial charge is 0.228 e. The van der Waals surface area contributed by atoms with E-state index in [0.717, 1.165) is 62.8 Å². The number of pyridine rings is 2. The molecule has 32 heavy (non-hydrogen) atoms. The molecular weight excluding hydrogens is 404 g/mol. The lowest BCUT2D eigenvalue weighted by Gasteiger charge is -2.36. The highest BCUT2D eigenvalue weighted by atomic mass is 16.3. The van der Waals surface area contributed by atoms with E-state index in [2.05, 4.69) is 37.1 Å². The lowest BCUT2D eigenvalue weighted by Crippen LogP contribution is -2.46. The van der Waals surface area contributed by atoms with Gasteiger partial charge in [0.05, 0.1) is 11.7 Å². The molecule has 168 valence electrons. The van der Waals surface area contributed by atoms with Crippen LogP contribution in [-0.4, -0.2) is 70.4 Å². The molecule has 1 N–H and O–H groups in total. The molecule has 1 saturated carbocycles. The van der Waals surface area contributed by atoms with Crippen LogP contribution in [0.1, 0.15) is 25.7 Å². The molecule has 0 atom stereocenters. The number of carbonyl (C=O) groups is 1. The van der Waals surface area contributed by atoms with Crippen LogP contribution >= 0.6 is 0 Å². The number of piperazine rings is 1. The maximum atomic E-state index is 12.9. The molecular formula is C24H30N6O2. The van der Waals surface area contributed by atoms with Gasteiger partial charge in [-0.15, -0.1) is 0 Å². The summed E-state index contributed by atoms with van der Waals surface area (Å²) in [5.74, 6) is 2.00. The number of likely N-dealkylation sites (N-methyl/N-ethyl adjacent to an activating group) is 1. The third-order valence-electron chi connectivity index (χ3n) is 6.84. The minimum atomic E-state index is 0.0599. The van der Waals surface area contributed by atoms with Crippen molar-refractivity contribution >= 4 is 22.6 Å². The molecule has 4 heterocycles. The zero-order valence-corrected chi connectivity index (χ0v) is 18.5. The summed E-state index contributed by atoms with van der Waals surface area (Å²) in [6.07, 6.45) is 8.92. The molecule has 8 heteroatoms. The standard InChI is InChI=1S/C24H30N6O2/c1-29-8-10-30(11-9-29)15-17-2-4-18(5-3-17)24(31)28-23-12-21-19(13-26-23)6-7-20(27-21)22-14-25-16-32-22/h6-7,12-14,16-18H,2-5,8-11,15H2,1H3,(H,26,28,31)/t17-,18-. The summed E-state index contributed by atoms with van der Waals surface area (Å²) < 4.78 is 5.34. The third kappa shape index (κ3) is 4.81. The van der Waals surface area contributed by atoms with Crippen LogP contribution in [0.3, 0.4) is 0 Å². The van der Waals surface area contributed by atoms with Crippen LogP contribution in [0.5, 0.6) is 0 Å². The van der Waals surface area contributed by atoms with Gasteiger partial charge >= 0.3 is 0 Å². The number of anilines is 1. The second-order valence-electron chi connectivity index (χ2n) is 9.14. The molecule has 0 radical (unpaired) electrons. The normalized spacial score (nSPS) is 22.8. The Morgan fingerprint density at radius 2 is 1.94 bits per heavy atom. The van der Waals surface area contributed by atoms with E-state index in [1.165, 1.54) is 12.9 Å². The zero-order chi connectivity index (χ0) is 21.9. The van der Waals surface area contributed by atoms with Crippen molar-refractivity contribution in [2.24, 2.45) is 11.8 Å². The summed E-state index contributed by atoms with van der Waals surface area (Å²) >= 11 is 0. The summed E-state index contributed by atoms with van der Waals surface area (Å²) in [6, 6.07) is 5.65. The first-order chi connectivity index (χ1) is 15.6. The van der Waals surface area contributed by atoms with Gasteiger partial charge in [0.1, 0.15) is 11.5 Å². The largest absolute Gasteiger partial charge is 0.442 e. The molecule has 3 aromatic rings. The lowest BCUT2D eigenvalue weighted by atomic mass is 9.81. The first-order valence-corrected chi connectivity index (χ1v) is 11.5. The maximum Gasteiger partial charge on any atom is 0.228 e. The highest BCUT2D eigenvalue weighted by Crippen LogP contribution is 2.30. The number of hydrogen-bond acceptors (Lipinski definition) is 7. The average molecular weight is 435 g/mol. The number of nitrogens with zero attached hydrogens (tertiary/aromatic N) is 5. The van der Waals surface area contributed by atoms with Gasteiger partial charge < -0.3 is 19.5 Å². The van der Waals surface area contributed by atoms with Crippen molar-refractivity contribution in [1.82, 2.24) is 24.8 Å². The summed E-state index contributed by atoms with van der Waals surface area (Å²) in [5, 5.41) is 3.93. The van der Waals surface area contributed by atoms with Crippen LogP contribution in [0, 0.1) is 11.8 Å². The van der Waals surface area contributed by atoms with Gasteiger partial charge in [0.2, 0.25) is 5.91 Å². The van der Waals surface area contributed by atoms with Crippen molar-refractivity contribution < 1.29 is 9.21 Å². The predicted molar refractivity (Wildman–Crippen MR) is 123 cm³/mol. The van der Waals surface area contributed by atoms with E-state index in [4.69, 9.17) is 4.42 Å². The molecule has 8 nitrogen and oxygen atoms in total. The number of oxazole rings is 1. The first kappa shape index (κ1) is 21.0. The van der Waals surface area contributed by atoms with Crippen LogP contribution < -0.4 is 5.32 Å². The number of fused-ring (bicyclic) bond motifs is 1. The lowest BCUT2D eigenvalue weighted by molar-refractivity contribution is -0.121. The first-order valence-electron chi connectivity index (χ1n) is 11.5. The number of nitrogens with one attached hydrogen (secondary N) is 1. The van der Waals surface area contributed by atoms with E-state index in [1.54, 1.807) is 12.4 Å². The number of rotatable bonds is 5. The van der Waals surface area contributed by atoms with Gasteiger partial charge in [0, 0.05) is 56.3 Å². The van der Waals surface area contributed by atoms with Crippen LogP contribution in [0.2, 0.25) is 0 Å². The fraction of sp³-hybridized carbons (Fsp3) is 0.500. The minimum absolute atomic E-state index is 0.0599. The van der Waals surface area contributed by atoms with Gasteiger partial charge in [-0.05, 0) is 50.8 Å². The van der Waals surface area contributed by atoms with E-state index < -0.39 is 0 Å². The average Bonchev–Trinajstić information content (AvgIpc) is 3.36. The maximum absolute atomic E-state index is 12.9. The van der Waals surface area contributed by atoms with Crippen molar-refractivity contribution in [2.45, 2.75) is 25.7 Å². The minimum Gasteiger partial charge on any atom is -0.442 e. The van der Waals surface area contributed by atoms with Gasteiger partial charge in [-0.2, -0.15) is 0 Å². The van der Waals surface area contributed by atoms with Crippen molar-refractivity contribution in [2.75, 3.05) is 45.1 Å². The van der Waals surface area contributed by atoms with Gasteiger partial charge in [-0.3, -0.25) is 4.79 Å². The molecule has 1 saturated heterocycles. The summed E-state index contributed by atoms with van der Waals surface area (Å²) in [7, 11) is 2.19. The molecule has 3 aromatic heterocycles. The molecule has 0 bridgehead atoms. The Morgan fingerprint density at radius 1 is 1.12 bits per heavy atom. The monoisotopic (exact) mass is 434 g/mol. The second-order valence-corrected chi connectivity index (χ2v) is 9.14. The number of aromatic nitrogens is 3. The van der Waals surface area contributed by atoms with Crippen molar-refractivity contribution in [3.63, 3.8) is 0 Å². The molecule has 1 aliphatic carbocycles. The van der Waals surface area contributed by atoms with E-state index in [0.29, 0.717) is 23.2 Å². The molecule has 2 fully saturated rings. The Kier molecular flexibility index (Phi) is 6.14. The van der Waals surface area contributed by atoms with E-state index >= 15 is 0 Å². The van der Waals surface area contributed by atoms with Gasteiger partial charge in [0.25, 0.3) is 0 Å².